The first-order valence-corrected chi connectivity index (χ1v) is 7.62. The molecule has 0 aliphatic rings. The molecule has 0 atom stereocenters. The van der Waals surface area contributed by atoms with Gasteiger partial charge in [0.2, 0.25) is 0 Å². The second-order valence-electron chi connectivity index (χ2n) is 4.86. The molecule has 0 saturated carbocycles. The minimum Gasteiger partial charge on any atom is -0.489 e. The quantitative estimate of drug-likeness (QED) is 0.623. The van der Waals surface area contributed by atoms with Gasteiger partial charge in [-0.2, -0.15) is 0 Å². The van der Waals surface area contributed by atoms with Crippen molar-refractivity contribution >= 4 is 11.3 Å². The van der Waals surface area contributed by atoms with Crippen LogP contribution in [0.3, 0.4) is 0 Å². The highest BCUT2D eigenvalue weighted by atomic mass is 32.1. The lowest BCUT2D eigenvalue weighted by atomic mass is 10.1. The fraction of sp³-hybridized carbons (Fsp3) is 0.111. The molecular weight excluding hydrogens is 283 g/mol. The Morgan fingerprint density at radius 2 is 1.86 bits per heavy atom. The van der Waals surface area contributed by atoms with Crippen molar-refractivity contribution in [1.29, 1.82) is 0 Å². The number of benzene rings is 2. The van der Waals surface area contributed by atoms with Gasteiger partial charge in [0, 0.05) is 16.5 Å². The lowest BCUT2D eigenvalue weighted by Gasteiger charge is -2.08. The third kappa shape index (κ3) is 3.31. The zero-order valence-corrected chi connectivity index (χ0v) is 12.5. The summed E-state index contributed by atoms with van der Waals surface area (Å²) in [6, 6.07) is 16.9. The van der Waals surface area contributed by atoms with E-state index in [1.165, 1.54) is 10.9 Å². The Labute approximate surface area is 127 Å². The summed E-state index contributed by atoms with van der Waals surface area (Å²) < 4.78 is 19.8. The van der Waals surface area contributed by atoms with Crippen molar-refractivity contribution in [2.24, 2.45) is 0 Å². The standard InChI is InChI=1S/C18H15FOS/c1-13-9-15(12-21-13)17-8-7-16(10-18(17)19)20-11-14-5-3-2-4-6-14/h2-10,12H,11H2,1H3. The first kappa shape index (κ1) is 13.8. The third-order valence-electron chi connectivity index (χ3n) is 3.23. The summed E-state index contributed by atoms with van der Waals surface area (Å²) in [5.41, 5.74) is 2.60. The molecule has 3 heteroatoms. The van der Waals surface area contributed by atoms with Gasteiger partial charge in [0.1, 0.15) is 18.2 Å². The number of halogens is 1. The Morgan fingerprint density at radius 3 is 2.52 bits per heavy atom. The topological polar surface area (TPSA) is 9.23 Å². The number of hydrogen-bond acceptors (Lipinski definition) is 2. The predicted octanol–water partition coefficient (Wildman–Crippen LogP) is 5.44. The maximum Gasteiger partial charge on any atom is 0.134 e. The summed E-state index contributed by atoms with van der Waals surface area (Å²) in [6.45, 7) is 2.46. The summed E-state index contributed by atoms with van der Waals surface area (Å²) >= 11 is 1.62. The third-order valence-corrected chi connectivity index (χ3v) is 4.09. The SMILES string of the molecule is Cc1cc(-c2ccc(OCc3ccccc3)cc2F)cs1. The summed E-state index contributed by atoms with van der Waals surface area (Å²) in [5.74, 6) is 0.297. The minimum absolute atomic E-state index is 0.252. The van der Waals surface area contributed by atoms with Crippen LogP contribution < -0.4 is 4.74 Å². The van der Waals surface area contributed by atoms with E-state index < -0.39 is 0 Å². The van der Waals surface area contributed by atoms with Crippen molar-refractivity contribution in [2.45, 2.75) is 13.5 Å². The lowest BCUT2D eigenvalue weighted by molar-refractivity contribution is 0.304. The smallest absolute Gasteiger partial charge is 0.134 e. The number of aryl methyl sites for hydroxylation is 1. The van der Waals surface area contributed by atoms with Crippen molar-refractivity contribution in [2.75, 3.05) is 0 Å². The molecule has 3 rings (SSSR count). The molecule has 1 nitrogen and oxygen atoms in total. The Bertz CT molecular complexity index is 734. The first-order chi connectivity index (χ1) is 10.2. The second-order valence-corrected chi connectivity index (χ2v) is 5.98. The van der Waals surface area contributed by atoms with Gasteiger partial charge < -0.3 is 4.74 Å². The van der Waals surface area contributed by atoms with Gasteiger partial charge in [-0.1, -0.05) is 30.3 Å². The van der Waals surface area contributed by atoms with Crippen LogP contribution in [0.1, 0.15) is 10.4 Å². The molecule has 3 aromatic rings. The van der Waals surface area contributed by atoms with Gasteiger partial charge in [0.05, 0.1) is 0 Å². The molecule has 0 fully saturated rings. The molecule has 1 heterocycles. The highest BCUT2D eigenvalue weighted by Gasteiger charge is 2.08. The van der Waals surface area contributed by atoms with Gasteiger partial charge in [-0.05, 0) is 41.6 Å². The van der Waals surface area contributed by atoms with Crippen molar-refractivity contribution in [3.05, 3.63) is 76.2 Å². The monoisotopic (exact) mass is 298 g/mol. The lowest BCUT2D eigenvalue weighted by Crippen LogP contribution is -1.95. The number of thiophene rings is 1. The van der Waals surface area contributed by atoms with Crippen LogP contribution in [0.5, 0.6) is 5.75 Å². The average Bonchev–Trinajstić information content (AvgIpc) is 2.92. The maximum absolute atomic E-state index is 14.2. The predicted molar refractivity (Wildman–Crippen MR) is 85.2 cm³/mol. The van der Waals surface area contributed by atoms with Crippen LogP contribution in [0, 0.1) is 12.7 Å². The van der Waals surface area contributed by atoms with Crippen LogP contribution >= 0.6 is 11.3 Å². The molecule has 21 heavy (non-hydrogen) atoms. The van der Waals surface area contributed by atoms with E-state index in [9.17, 15) is 4.39 Å². The highest BCUT2D eigenvalue weighted by molar-refractivity contribution is 7.10. The second kappa shape index (κ2) is 6.10. The van der Waals surface area contributed by atoms with E-state index in [0.29, 0.717) is 17.9 Å². The summed E-state index contributed by atoms with van der Waals surface area (Å²) in [4.78, 5) is 1.17. The summed E-state index contributed by atoms with van der Waals surface area (Å²) in [6.07, 6.45) is 0. The highest BCUT2D eigenvalue weighted by Crippen LogP contribution is 2.29. The van der Waals surface area contributed by atoms with Gasteiger partial charge in [-0.25, -0.2) is 4.39 Å². The fourth-order valence-electron chi connectivity index (χ4n) is 2.15. The summed E-state index contributed by atoms with van der Waals surface area (Å²) in [7, 11) is 0. The van der Waals surface area contributed by atoms with Gasteiger partial charge in [0.15, 0.2) is 0 Å². The fourth-order valence-corrected chi connectivity index (χ4v) is 2.85. The first-order valence-electron chi connectivity index (χ1n) is 6.74. The average molecular weight is 298 g/mol. The van der Waals surface area contributed by atoms with Gasteiger partial charge in [-0.3, -0.25) is 0 Å². The van der Waals surface area contributed by atoms with Crippen LogP contribution in [0.15, 0.2) is 60.0 Å². The molecule has 0 aliphatic heterocycles. The zero-order valence-electron chi connectivity index (χ0n) is 11.7. The molecule has 0 aliphatic carbocycles. The number of rotatable bonds is 4. The summed E-state index contributed by atoms with van der Waals surface area (Å²) in [5, 5.41) is 1.97. The zero-order chi connectivity index (χ0) is 14.7. The molecule has 2 aromatic carbocycles. The maximum atomic E-state index is 14.2. The Kier molecular flexibility index (Phi) is 4.02. The molecule has 0 radical (unpaired) electrons. The van der Waals surface area contributed by atoms with Gasteiger partial charge in [-0.15, -0.1) is 11.3 Å². The molecule has 0 amide bonds. The van der Waals surface area contributed by atoms with Crippen LogP contribution in [-0.2, 0) is 6.61 Å². The van der Waals surface area contributed by atoms with Crippen LogP contribution in [0.2, 0.25) is 0 Å². The Hall–Kier alpha value is -2.13. The van der Waals surface area contributed by atoms with Crippen LogP contribution in [-0.4, -0.2) is 0 Å². The van der Waals surface area contributed by atoms with Gasteiger partial charge >= 0.3 is 0 Å². The molecule has 0 unspecified atom stereocenters. The largest absolute Gasteiger partial charge is 0.489 e. The number of ether oxygens (including phenoxy) is 1. The van der Waals surface area contributed by atoms with E-state index in [4.69, 9.17) is 4.74 Å². The van der Waals surface area contributed by atoms with Crippen LogP contribution in [0.4, 0.5) is 4.39 Å². The van der Waals surface area contributed by atoms with E-state index in [-0.39, 0.29) is 5.82 Å². The molecule has 0 N–H and O–H groups in total. The molecule has 0 spiro atoms. The Balaban J connectivity index is 1.75. The Morgan fingerprint density at radius 1 is 1.05 bits per heavy atom. The van der Waals surface area contributed by atoms with E-state index in [2.05, 4.69) is 0 Å². The van der Waals surface area contributed by atoms with E-state index in [1.807, 2.05) is 54.8 Å². The van der Waals surface area contributed by atoms with Crippen LogP contribution in [0.25, 0.3) is 11.1 Å². The minimum atomic E-state index is -0.252. The molecule has 1 aromatic heterocycles. The molecular formula is C18H15FOS. The molecule has 106 valence electrons. The van der Waals surface area contributed by atoms with Gasteiger partial charge in [0.25, 0.3) is 0 Å². The number of hydrogen-bond donors (Lipinski definition) is 0. The van der Waals surface area contributed by atoms with E-state index in [1.54, 1.807) is 17.4 Å². The van der Waals surface area contributed by atoms with Crippen molar-refractivity contribution in [3.8, 4) is 16.9 Å². The normalized spacial score (nSPS) is 10.6. The van der Waals surface area contributed by atoms with Crippen molar-refractivity contribution in [1.82, 2.24) is 0 Å². The van der Waals surface area contributed by atoms with E-state index >= 15 is 0 Å². The van der Waals surface area contributed by atoms with E-state index in [0.717, 1.165) is 11.1 Å². The molecule has 0 saturated heterocycles. The van der Waals surface area contributed by atoms with Crippen molar-refractivity contribution < 1.29 is 9.13 Å². The van der Waals surface area contributed by atoms with Crippen molar-refractivity contribution in [3.63, 3.8) is 0 Å². The molecule has 0 bridgehead atoms.